The molecule has 0 spiro atoms. The summed E-state index contributed by atoms with van der Waals surface area (Å²) in [6, 6.07) is 2.17. The summed E-state index contributed by atoms with van der Waals surface area (Å²) in [6.07, 6.45) is 1.12. The Labute approximate surface area is 112 Å². The summed E-state index contributed by atoms with van der Waals surface area (Å²) < 4.78 is 0. The summed E-state index contributed by atoms with van der Waals surface area (Å²) in [6.45, 7) is 6.55. The zero-order valence-electron chi connectivity index (χ0n) is 10.8. The van der Waals surface area contributed by atoms with Gasteiger partial charge in [0, 0.05) is 13.1 Å². The molecule has 1 atom stereocenters. The van der Waals surface area contributed by atoms with E-state index in [0.29, 0.717) is 6.54 Å². The van der Waals surface area contributed by atoms with Gasteiger partial charge < -0.3 is 10.6 Å². The molecule has 2 heterocycles. The number of carbonyl (C=O) groups is 1. The van der Waals surface area contributed by atoms with E-state index in [4.69, 9.17) is 0 Å². The molecule has 5 heteroatoms. The van der Waals surface area contributed by atoms with E-state index in [9.17, 15) is 4.79 Å². The average Bonchev–Trinajstić information content (AvgIpc) is 2.76. The molecular formula is C13H21N3OS. The van der Waals surface area contributed by atoms with Crippen molar-refractivity contribution in [2.24, 2.45) is 0 Å². The Morgan fingerprint density at radius 3 is 3.22 bits per heavy atom. The van der Waals surface area contributed by atoms with Crippen LogP contribution in [0, 0.1) is 0 Å². The van der Waals surface area contributed by atoms with Gasteiger partial charge in [-0.15, -0.1) is 0 Å². The van der Waals surface area contributed by atoms with Crippen molar-refractivity contribution in [2.45, 2.75) is 19.4 Å². The van der Waals surface area contributed by atoms with Gasteiger partial charge in [0.1, 0.15) is 0 Å². The zero-order valence-corrected chi connectivity index (χ0v) is 11.6. The van der Waals surface area contributed by atoms with Gasteiger partial charge in [0.2, 0.25) is 5.91 Å². The second-order valence-electron chi connectivity index (χ2n) is 4.73. The zero-order chi connectivity index (χ0) is 12.8. The first-order chi connectivity index (χ1) is 8.75. The summed E-state index contributed by atoms with van der Waals surface area (Å²) in [5.41, 5.74) is 1.19. The highest BCUT2D eigenvalue weighted by Crippen LogP contribution is 2.15. The lowest BCUT2D eigenvalue weighted by molar-refractivity contribution is -0.122. The topological polar surface area (TPSA) is 44.4 Å². The Bertz CT molecular complexity index is 358. The normalized spacial score (nSPS) is 19.2. The van der Waals surface area contributed by atoms with Crippen molar-refractivity contribution in [2.75, 3.05) is 32.7 Å². The molecule has 2 N–H and O–H groups in total. The van der Waals surface area contributed by atoms with E-state index in [-0.39, 0.29) is 11.9 Å². The maximum atomic E-state index is 12.0. The molecule has 0 saturated carbocycles. The second-order valence-corrected chi connectivity index (χ2v) is 5.51. The third-order valence-electron chi connectivity index (χ3n) is 3.22. The number of thiophene rings is 1. The molecule has 1 fully saturated rings. The SMILES string of the molecule is CC(NC(=O)CN1CCCNCC1)c1ccsc1. The van der Waals surface area contributed by atoms with Crippen LogP contribution >= 0.6 is 11.3 Å². The Morgan fingerprint density at radius 2 is 2.44 bits per heavy atom. The lowest BCUT2D eigenvalue weighted by atomic mass is 10.2. The Hall–Kier alpha value is -0.910. The Balaban J connectivity index is 1.77. The van der Waals surface area contributed by atoms with Crippen molar-refractivity contribution < 1.29 is 4.79 Å². The number of nitrogens with zero attached hydrogens (tertiary/aromatic N) is 1. The van der Waals surface area contributed by atoms with E-state index >= 15 is 0 Å². The molecule has 4 nitrogen and oxygen atoms in total. The molecule has 1 saturated heterocycles. The third kappa shape index (κ3) is 4.08. The summed E-state index contributed by atoms with van der Waals surface area (Å²) in [4.78, 5) is 14.2. The number of rotatable bonds is 4. The molecule has 0 bridgehead atoms. The van der Waals surface area contributed by atoms with Gasteiger partial charge in [0.15, 0.2) is 0 Å². The van der Waals surface area contributed by atoms with Gasteiger partial charge in [-0.25, -0.2) is 0 Å². The fraction of sp³-hybridized carbons (Fsp3) is 0.615. The number of nitrogens with one attached hydrogen (secondary N) is 2. The molecule has 100 valence electrons. The van der Waals surface area contributed by atoms with Crippen LogP contribution in [0.2, 0.25) is 0 Å². The van der Waals surface area contributed by atoms with E-state index in [1.54, 1.807) is 11.3 Å². The first-order valence-electron chi connectivity index (χ1n) is 6.50. The molecule has 0 radical (unpaired) electrons. The highest BCUT2D eigenvalue weighted by molar-refractivity contribution is 7.07. The molecule has 1 aromatic heterocycles. The van der Waals surface area contributed by atoms with Crippen molar-refractivity contribution >= 4 is 17.2 Å². The molecule has 1 aliphatic rings. The van der Waals surface area contributed by atoms with E-state index in [0.717, 1.165) is 32.6 Å². The van der Waals surface area contributed by atoms with Crippen molar-refractivity contribution in [3.8, 4) is 0 Å². The maximum Gasteiger partial charge on any atom is 0.234 e. The van der Waals surface area contributed by atoms with Crippen LogP contribution in [-0.2, 0) is 4.79 Å². The molecular weight excluding hydrogens is 246 g/mol. The predicted octanol–water partition coefficient (Wildman–Crippen LogP) is 1.22. The van der Waals surface area contributed by atoms with E-state index < -0.39 is 0 Å². The van der Waals surface area contributed by atoms with E-state index in [2.05, 4.69) is 27.0 Å². The van der Waals surface area contributed by atoms with Crippen LogP contribution in [-0.4, -0.2) is 43.5 Å². The quantitative estimate of drug-likeness (QED) is 0.862. The van der Waals surface area contributed by atoms with Crippen LogP contribution in [0.3, 0.4) is 0 Å². The van der Waals surface area contributed by atoms with Gasteiger partial charge in [-0.1, -0.05) is 0 Å². The van der Waals surface area contributed by atoms with Crippen LogP contribution in [0.4, 0.5) is 0 Å². The monoisotopic (exact) mass is 267 g/mol. The fourth-order valence-electron chi connectivity index (χ4n) is 2.15. The van der Waals surface area contributed by atoms with Gasteiger partial charge in [-0.3, -0.25) is 9.69 Å². The Morgan fingerprint density at radius 1 is 1.56 bits per heavy atom. The molecule has 2 rings (SSSR count). The number of hydrogen-bond donors (Lipinski definition) is 2. The summed E-state index contributed by atoms with van der Waals surface area (Å²) in [5.74, 6) is 0.121. The van der Waals surface area contributed by atoms with Crippen molar-refractivity contribution in [1.82, 2.24) is 15.5 Å². The van der Waals surface area contributed by atoms with E-state index in [1.165, 1.54) is 5.56 Å². The molecule has 0 aliphatic carbocycles. The molecule has 1 aromatic rings. The highest BCUT2D eigenvalue weighted by atomic mass is 32.1. The lowest BCUT2D eigenvalue weighted by Crippen LogP contribution is -2.39. The highest BCUT2D eigenvalue weighted by Gasteiger charge is 2.15. The molecule has 0 aromatic carbocycles. The number of carbonyl (C=O) groups excluding carboxylic acids is 1. The van der Waals surface area contributed by atoms with Crippen LogP contribution in [0.1, 0.15) is 24.9 Å². The van der Waals surface area contributed by atoms with Gasteiger partial charge in [0.25, 0.3) is 0 Å². The molecule has 18 heavy (non-hydrogen) atoms. The third-order valence-corrected chi connectivity index (χ3v) is 3.92. The van der Waals surface area contributed by atoms with Crippen LogP contribution in [0.25, 0.3) is 0 Å². The van der Waals surface area contributed by atoms with Crippen LogP contribution in [0.5, 0.6) is 0 Å². The minimum absolute atomic E-state index is 0.105. The predicted molar refractivity (Wildman–Crippen MR) is 74.8 cm³/mol. The minimum Gasteiger partial charge on any atom is -0.348 e. The second kappa shape index (κ2) is 6.87. The largest absolute Gasteiger partial charge is 0.348 e. The van der Waals surface area contributed by atoms with Crippen LogP contribution in [0.15, 0.2) is 16.8 Å². The molecule has 1 aliphatic heterocycles. The average molecular weight is 267 g/mol. The Kier molecular flexibility index (Phi) is 5.16. The summed E-state index contributed by atoms with van der Waals surface area (Å²) in [5, 5.41) is 10.5. The summed E-state index contributed by atoms with van der Waals surface area (Å²) in [7, 11) is 0. The number of amides is 1. The minimum atomic E-state index is 0.105. The van der Waals surface area contributed by atoms with Crippen molar-refractivity contribution in [3.05, 3.63) is 22.4 Å². The molecule has 1 amide bonds. The van der Waals surface area contributed by atoms with Crippen molar-refractivity contribution in [3.63, 3.8) is 0 Å². The number of hydrogen-bond acceptors (Lipinski definition) is 4. The fourth-order valence-corrected chi connectivity index (χ4v) is 2.91. The van der Waals surface area contributed by atoms with Crippen LogP contribution < -0.4 is 10.6 Å². The van der Waals surface area contributed by atoms with Gasteiger partial charge in [0.05, 0.1) is 12.6 Å². The smallest absolute Gasteiger partial charge is 0.234 e. The summed E-state index contributed by atoms with van der Waals surface area (Å²) >= 11 is 1.66. The van der Waals surface area contributed by atoms with Crippen molar-refractivity contribution in [1.29, 1.82) is 0 Å². The van der Waals surface area contributed by atoms with Gasteiger partial charge in [-0.2, -0.15) is 11.3 Å². The first kappa shape index (κ1) is 13.5. The first-order valence-corrected chi connectivity index (χ1v) is 7.44. The maximum absolute atomic E-state index is 12.0. The van der Waals surface area contributed by atoms with E-state index in [1.807, 2.05) is 12.3 Å². The molecule has 1 unspecified atom stereocenters. The standard InChI is InChI=1S/C13H21N3OS/c1-11(12-3-8-18-10-12)15-13(17)9-16-6-2-4-14-5-7-16/h3,8,10-11,14H,2,4-7,9H2,1H3,(H,15,17). The van der Waals surface area contributed by atoms with Gasteiger partial charge >= 0.3 is 0 Å². The lowest BCUT2D eigenvalue weighted by Gasteiger charge is -2.20. The van der Waals surface area contributed by atoms with Gasteiger partial charge in [-0.05, 0) is 48.8 Å².